The molecule has 1 aromatic heterocycles. The summed E-state index contributed by atoms with van der Waals surface area (Å²) < 4.78 is 5.29. The van der Waals surface area contributed by atoms with Gasteiger partial charge in [0.1, 0.15) is 0 Å². The lowest BCUT2D eigenvalue weighted by molar-refractivity contribution is 0.0767. The van der Waals surface area contributed by atoms with Crippen molar-refractivity contribution in [1.29, 1.82) is 0 Å². The average molecular weight is 347 g/mol. The van der Waals surface area contributed by atoms with Crippen LogP contribution in [0.15, 0.2) is 71.6 Å². The van der Waals surface area contributed by atoms with Gasteiger partial charge in [0.2, 0.25) is 0 Å². The molecule has 1 aliphatic rings. The highest BCUT2D eigenvalue weighted by molar-refractivity contribution is 5.94. The lowest BCUT2D eigenvalue weighted by atomic mass is 10.1. The number of hydrogen-bond acceptors (Lipinski definition) is 4. The van der Waals surface area contributed by atoms with E-state index in [0.29, 0.717) is 11.3 Å². The normalized spacial score (nSPS) is 14.9. The van der Waals surface area contributed by atoms with Gasteiger partial charge in [-0.3, -0.25) is 4.79 Å². The quantitative estimate of drug-likeness (QED) is 0.725. The second kappa shape index (κ2) is 7.44. The van der Waals surface area contributed by atoms with Crippen molar-refractivity contribution < 1.29 is 9.21 Å². The summed E-state index contributed by atoms with van der Waals surface area (Å²) in [5, 5.41) is 0. The maximum absolute atomic E-state index is 12.9. The Balaban J connectivity index is 1.43. The summed E-state index contributed by atoms with van der Waals surface area (Å²) in [5.74, 6) is 0.793. The van der Waals surface area contributed by atoms with Gasteiger partial charge in [0, 0.05) is 43.0 Å². The highest BCUT2D eigenvalue weighted by Gasteiger charge is 2.20. The molecule has 1 aliphatic heterocycles. The number of carbonyl (C=O) groups excluding carboxylic acids is 1. The Bertz CT molecular complexity index is 845. The van der Waals surface area contributed by atoms with Crippen LogP contribution in [-0.2, 0) is 0 Å². The summed E-state index contributed by atoms with van der Waals surface area (Å²) in [6, 6.07) is 17.9. The van der Waals surface area contributed by atoms with Gasteiger partial charge < -0.3 is 14.2 Å². The first-order valence-electron chi connectivity index (χ1n) is 8.89. The van der Waals surface area contributed by atoms with E-state index in [1.54, 1.807) is 6.20 Å². The molecule has 3 aromatic rings. The van der Waals surface area contributed by atoms with E-state index in [1.807, 2.05) is 35.2 Å². The Kier molecular flexibility index (Phi) is 4.69. The zero-order chi connectivity index (χ0) is 17.8. The maximum atomic E-state index is 12.9. The van der Waals surface area contributed by atoms with Crippen LogP contribution in [0.25, 0.3) is 11.3 Å². The van der Waals surface area contributed by atoms with E-state index in [9.17, 15) is 4.79 Å². The van der Waals surface area contributed by atoms with Crippen molar-refractivity contribution in [2.45, 2.75) is 6.42 Å². The second-order valence-corrected chi connectivity index (χ2v) is 6.41. The molecule has 0 atom stereocenters. The first-order valence-corrected chi connectivity index (χ1v) is 8.89. The van der Waals surface area contributed by atoms with Crippen LogP contribution in [-0.4, -0.2) is 42.0 Å². The van der Waals surface area contributed by atoms with Crippen molar-refractivity contribution in [2.75, 3.05) is 31.1 Å². The summed E-state index contributed by atoms with van der Waals surface area (Å²) in [6.45, 7) is 3.34. The predicted octanol–water partition coefficient (Wildman–Crippen LogP) is 3.69. The second-order valence-electron chi connectivity index (χ2n) is 6.41. The Morgan fingerprint density at radius 3 is 2.46 bits per heavy atom. The fraction of sp³-hybridized carbons (Fsp3) is 0.238. The van der Waals surface area contributed by atoms with Gasteiger partial charge in [-0.1, -0.05) is 30.3 Å². The SMILES string of the molecule is O=C(c1ccc(-c2cnco2)cc1)N1CCCN(c2ccccc2)CC1. The average Bonchev–Trinajstić information content (AvgIpc) is 3.13. The van der Waals surface area contributed by atoms with Gasteiger partial charge in [0.25, 0.3) is 5.91 Å². The zero-order valence-electron chi connectivity index (χ0n) is 14.5. The number of aromatic nitrogens is 1. The number of benzene rings is 2. The van der Waals surface area contributed by atoms with E-state index in [-0.39, 0.29) is 5.91 Å². The maximum Gasteiger partial charge on any atom is 0.253 e. The molecule has 0 unspecified atom stereocenters. The third kappa shape index (κ3) is 3.47. The van der Waals surface area contributed by atoms with Gasteiger partial charge in [0.15, 0.2) is 12.2 Å². The number of para-hydroxylation sites is 1. The van der Waals surface area contributed by atoms with Crippen molar-refractivity contribution in [2.24, 2.45) is 0 Å². The lowest BCUT2D eigenvalue weighted by Gasteiger charge is -2.23. The van der Waals surface area contributed by atoms with E-state index in [4.69, 9.17) is 4.42 Å². The molecule has 0 aliphatic carbocycles. The van der Waals surface area contributed by atoms with Gasteiger partial charge in [-0.25, -0.2) is 4.98 Å². The molecule has 5 nitrogen and oxygen atoms in total. The van der Waals surface area contributed by atoms with Crippen molar-refractivity contribution in [3.05, 3.63) is 72.8 Å². The largest absolute Gasteiger partial charge is 0.444 e. The van der Waals surface area contributed by atoms with E-state index in [2.05, 4.69) is 34.1 Å². The standard InChI is InChI=1S/C21H21N3O2/c25-21(18-9-7-17(8-10-18)20-15-22-16-26-20)24-12-4-11-23(13-14-24)19-5-2-1-3-6-19/h1-3,5-10,15-16H,4,11-14H2. The van der Waals surface area contributed by atoms with E-state index in [1.165, 1.54) is 12.1 Å². The van der Waals surface area contributed by atoms with E-state index < -0.39 is 0 Å². The molecule has 26 heavy (non-hydrogen) atoms. The Morgan fingerprint density at radius 1 is 0.923 bits per heavy atom. The molecule has 1 fully saturated rings. The summed E-state index contributed by atoms with van der Waals surface area (Å²) >= 11 is 0. The third-order valence-electron chi connectivity index (χ3n) is 4.75. The molecule has 0 N–H and O–H groups in total. The van der Waals surface area contributed by atoms with Crippen molar-refractivity contribution in [1.82, 2.24) is 9.88 Å². The van der Waals surface area contributed by atoms with Crippen molar-refractivity contribution >= 4 is 11.6 Å². The van der Waals surface area contributed by atoms with Gasteiger partial charge in [-0.05, 0) is 30.7 Å². The number of hydrogen-bond donors (Lipinski definition) is 0. The Hall–Kier alpha value is -3.08. The zero-order valence-corrected chi connectivity index (χ0v) is 14.5. The summed E-state index contributed by atoms with van der Waals surface area (Å²) in [4.78, 5) is 21.1. The molecular weight excluding hydrogens is 326 g/mol. The van der Waals surface area contributed by atoms with Crippen LogP contribution >= 0.6 is 0 Å². The van der Waals surface area contributed by atoms with Crippen LogP contribution in [0.1, 0.15) is 16.8 Å². The molecular formula is C21H21N3O2. The molecule has 2 aromatic carbocycles. The minimum atomic E-state index is 0.0871. The Morgan fingerprint density at radius 2 is 1.73 bits per heavy atom. The molecule has 1 saturated heterocycles. The minimum absolute atomic E-state index is 0.0871. The van der Waals surface area contributed by atoms with Crippen LogP contribution in [0, 0.1) is 0 Å². The molecule has 4 rings (SSSR count). The highest BCUT2D eigenvalue weighted by atomic mass is 16.3. The number of oxazole rings is 1. The predicted molar refractivity (Wildman–Crippen MR) is 101 cm³/mol. The van der Waals surface area contributed by atoms with Gasteiger partial charge in [-0.15, -0.1) is 0 Å². The summed E-state index contributed by atoms with van der Waals surface area (Å²) in [5.41, 5.74) is 2.85. The molecule has 0 radical (unpaired) electrons. The minimum Gasteiger partial charge on any atom is -0.444 e. The topological polar surface area (TPSA) is 49.6 Å². The molecule has 2 heterocycles. The number of carbonyl (C=O) groups is 1. The van der Waals surface area contributed by atoms with Crippen LogP contribution in [0.5, 0.6) is 0 Å². The molecule has 132 valence electrons. The smallest absolute Gasteiger partial charge is 0.253 e. The van der Waals surface area contributed by atoms with Crippen LogP contribution in [0.2, 0.25) is 0 Å². The molecule has 0 saturated carbocycles. The molecule has 0 spiro atoms. The Labute approximate surface area is 152 Å². The molecule has 0 bridgehead atoms. The van der Waals surface area contributed by atoms with Crippen molar-refractivity contribution in [3.63, 3.8) is 0 Å². The number of amides is 1. The van der Waals surface area contributed by atoms with Crippen LogP contribution in [0.3, 0.4) is 0 Å². The van der Waals surface area contributed by atoms with Crippen molar-refractivity contribution in [3.8, 4) is 11.3 Å². The van der Waals surface area contributed by atoms with Gasteiger partial charge >= 0.3 is 0 Å². The first-order chi connectivity index (χ1) is 12.8. The van der Waals surface area contributed by atoms with E-state index in [0.717, 1.165) is 38.2 Å². The van der Waals surface area contributed by atoms with E-state index >= 15 is 0 Å². The summed E-state index contributed by atoms with van der Waals surface area (Å²) in [6.07, 6.45) is 4.05. The van der Waals surface area contributed by atoms with Gasteiger partial charge in [-0.2, -0.15) is 0 Å². The number of nitrogens with zero attached hydrogens (tertiary/aromatic N) is 3. The van der Waals surface area contributed by atoms with Crippen LogP contribution < -0.4 is 4.90 Å². The van der Waals surface area contributed by atoms with Gasteiger partial charge in [0.05, 0.1) is 6.20 Å². The number of anilines is 1. The third-order valence-corrected chi connectivity index (χ3v) is 4.75. The summed E-state index contributed by atoms with van der Waals surface area (Å²) in [7, 11) is 0. The lowest BCUT2D eigenvalue weighted by Crippen LogP contribution is -2.35. The highest BCUT2D eigenvalue weighted by Crippen LogP contribution is 2.20. The first kappa shape index (κ1) is 16.4. The molecule has 1 amide bonds. The fourth-order valence-electron chi connectivity index (χ4n) is 3.34. The van der Waals surface area contributed by atoms with Crippen LogP contribution in [0.4, 0.5) is 5.69 Å². The fourth-order valence-corrected chi connectivity index (χ4v) is 3.34. The molecule has 5 heteroatoms. The monoisotopic (exact) mass is 347 g/mol. The number of rotatable bonds is 3.